The highest BCUT2D eigenvalue weighted by atomic mass is 79.9. The van der Waals surface area contributed by atoms with Crippen LogP contribution in [0, 0.1) is 0 Å². The highest BCUT2D eigenvalue weighted by molar-refractivity contribution is 9.10. The summed E-state index contributed by atoms with van der Waals surface area (Å²) in [7, 11) is 0. The molecule has 0 bridgehead atoms. The summed E-state index contributed by atoms with van der Waals surface area (Å²) < 4.78 is 10.1. The molecule has 0 saturated carbocycles. The first-order chi connectivity index (χ1) is 15.1. The van der Waals surface area contributed by atoms with Gasteiger partial charge in [0, 0.05) is 12.7 Å². The van der Waals surface area contributed by atoms with Crippen LogP contribution in [0.15, 0.2) is 77.5 Å². The number of hydrogen-bond acceptors (Lipinski definition) is 4. The predicted octanol–water partition coefficient (Wildman–Crippen LogP) is 4.50. The standard InChI is InChI=1S/C23H22BrN5O2/c1-2-29-22(20(24)14-26-29)15-25-23(30)21-12-13-28(27-21)16-31-19-10-8-18(9-11-19)17-6-4-3-5-7-17/h3-14H,2,15-16H2,1H3,(H,25,30). The van der Waals surface area contributed by atoms with Crippen molar-refractivity contribution in [2.75, 3.05) is 0 Å². The Bertz CT molecular complexity index is 1150. The van der Waals surface area contributed by atoms with Crippen molar-refractivity contribution in [3.05, 3.63) is 88.9 Å². The van der Waals surface area contributed by atoms with Crippen molar-refractivity contribution >= 4 is 21.8 Å². The summed E-state index contributed by atoms with van der Waals surface area (Å²) >= 11 is 3.46. The molecule has 0 aliphatic heterocycles. The largest absolute Gasteiger partial charge is 0.471 e. The molecule has 158 valence electrons. The Balaban J connectivity index is 1.31. The van der Waals surface area contributed by atoms with Gasteiger partial charge >= 0.3 is 0 Å². The van der Waals surface area contributed by atoms with E-state index in [4.69, 9.17) is 4.74 Å². The number of amides is 1. The molecule has 0 saturated heterocycles. The van der Waals surface area contributed by atoms with Gasteiger partial charge in [0.2, 0.25) is 0 Å². The van der Waals surface area contributed by atoms with Crippen LogP contribution in [0.25, 0.3) is 11.1 Å². The maximum atomic E-state index is 12.4. The fourth-order valence-electron chi connectivity index (χ4n) is 3.16. The van der Waals surface area contributed by atoms with Gasteiger partial charge in [0.25, 0.3) is 5.91 Å². The molecule has 2 aromatic heterocycles. The van der Waals surface area contributed by atoms with Crippen molar-refractivity contribution in [3.63, 3.8) is 0 Å². The Kier molecular flexibility index (Phi) is 6.47. The van der Waals surface area contributed by atoms with E-state index in [1.54, 1.807) is 23.1 Å². The fraction of sp³-hybridized carbons (Fsp3) is 0.174. The molecule has 31 heavy (non-hydrogen) atoms. The smallest absolute Gasteiger partial charge is 0.272 e. The van der Waals surface area contributed by atoms with Crippen molar-refractivity contribution in [2.24, 2.45) is 0 Å². The van der Waals surface area contributed by atoms with Crippen LogP contribution in [0.5, 0.6) is 5.75 Å². The number of nitrogens with one attached hydrogen (secondary N) is 1. The number of aromatic nitrogens is 4. The fourth-order valence-corrected chi connectivity index (χ4v) is 3.60. The van der Waals surface area contributed by atoms with Crippen LogP contribution < -0.4 is 10.1 Å². The number of carbonyl (C=O) groups is 1. The van der Waals surface area contributed by atoms with E-state index in [9.17, 15) is 4.79 Å². The van der Waals surface area contributed by atoms with Gasteiger partial charge in [-0.15, -0.1) is 0 Å². The first-order valence-electron chi connectivity index (χ1n) is 9.94. The van der Waals surface area contributed by atoms with Crippen LogP contribution >= 0.6 is 15.9 Å². The van der Waals surface area contributed by atoms with Gasteiger partial charge in [-0.1, -0.05) is 42.5 Å². The van der Waals surface area contributed by atoms with Gasteiger partial charge in [0.05, 0.1) is 22.9 Å². The zero-order valence-corrected chi connectivity index (χ0v) is 18.6. The lowest BCUT2D eigenvalue weighted by Gasteiger charge is -2.08. The van der Waals surface area contributed by atoms with Gasteiger partial charge in [-0.2, -0.15) is 10.2 Å². The lowest BCUT2D eigenvalue weighted by Crippen LogP contribution is -2.25. The number of rotatable bonds is 8. The number of hydrogen-bond donors (Lipinski definition) is 1. The summed E-state index contributed by atoms with van der Waals surface area (Å²) in [6.45, 7) is 3.31. The number of nitrogens with zero attached hydrogens (tertiary/aromatic N) is 4. The number of ether oxygens (including phenoxy) is 1. The Labute approximate surface area is 188 Å². The maximum absolute atomic E-state index is 12.4. The zero-order chi connectivity index (χ0) is 21.6. The summed E-state index contributed by atoms with van der Waals surface area (Å²) in [5.41, 5.74) is 3.53. The average molecular weight is 480 g/mol. The molecule has 4 rings (SSSR count). The molecule has 1 amide bonds. The molecule has 7 nitrogen and oxygen atoms in total. The van der Waals surface area contributed by atoms with Gasteiger partial charge in [-0.3, -0.25) is 9.48 Å². The van der Waals surface area contributed by atoms with Crippen molar-refractivity contribution < 1.29 is 9.53 Å². The minimum Gasteiger partial charge on any atom is -0.471 e. The first kappa shape index (κ1) is 20.9. The highest BCUT2D eigenvalue weighted by Crippen LogP contribution is 2.22. The molecular formula is C23H22BrN5O2. The second-order valence-electron chi connectivity index (χ2n) is 6.84. The molecule has 2 aromatic carbocycles. The molecule has 0 radical (unpaired) electrons. The van der Waals surface area contributed by atoms with Crippen LogP contribution in [0.4, 0.5) is 0 Å². The van der Waals surface area contributed by atoms with Gasteiger partial charge in [-0.25, -0.2) is 4.68 Å². The first-order valence-corrected chi connectivity index (χ1v) is 10.7. The SMILES string of the molecule is CCn1ncc(Br)c1CNC(=O)c1ccn(COc2ccc(-c3ccccc3)cc2)n1. The van der Waals surface area contributed by atoms with Crippen molar-refractivity contribution in [1.82, 2.24) is 24.9 Å². The van der Waals surface area contributed by atoms with Gasteiger partial charge < -0.3 is 10.1 Å². The normalized spacial score (nSPS) is 10.8. The molecule has 0 fully saturated rings. The van der Waals surface area contributed by atoms with Crippen LogP contribution in [0.2, 0.25) is 0 Å². The molecule has 8 heteroatoms. The van der Waals surface area contributed by atoms with Gasteiger partial charge in [-0.05, 0) is 52.2 Å². The van der Waals surface area contributed by atoms with E-state index >= 15 is 0 Å². The van der Waals surface area contributed by atoms with Crippen LogP contribution in [-0.2, 0) is 19.8 Å². The van der Waals surface area contributed by atoms with Crippen molar-refractivity contribution in [2.45, 2.75) is 26.7 Å². The Morgan fingerprint density at radius 2 is 1.81 bits per heavy atom. The molecule has 0 unspecified atom stereocenters. The van der Waals surface area contributed by atoms with Crippen LogP contribution in [0.1, 0.15) is 23.1 Å². The second-order valence-corrected chi connectivity index (χ2v) is 7.70. The third kappa shape index (κ3) is 5.03. The van der Waals surface area contributed by atoms with Crippen molar-refractivity contribution in [3.8, 4) is 16.9 Å². The van der Waals surface area contributed by atoms with E-state index in [1.165, 1.54) is 0 Å². The minimum atomic E-state index is -0.248. The Hall–Kier alpha value is -3.39. The summed E-state index contributed by atoms with van der Waals surface area (Å²) in [5, 5.41) is 11.4. The maximum Gasteiger partial charge on any atom is 0.272 e. The quantitative estimate of drug-likeness (QED) is 0.403. The molecule has 2 heterocycles. The lowest BCUT2D eigenvalue weighted by atomic mass is 10.1. The highest BCUT2D eigenvalue weighted by Gasteiger charge is 2.13. The van der Waals surface area contributed by atoms with Gasteiger partial charge in [0.1, 0.15) is 11.4 Å². The average Bonchev–Trinajstić information content (AvgIpc) is 3.43. The summed E-state index contributed by atoms with van der Waals surface area (Å²) in [4.78, 5) is 12.4. The molecule has 1 N–H and O–H groups in total. The predicted molar refractivity (Wildman–Crippen MR) is 122 cm³/mol. The zero-order valence-electron chi connectivity index (χ0n) is 17.0. The third-order valence-corrected chi connectivity index (χ3v) is 5.47. The molecule has 0 aliphatic carbocycles. The molecule has 0 spiro atoms. The van der Waals surface area contributed by atoms with Gasteiger partial charge in [0.15, 0.2) is 6.73 Å². The molecular weight excluding hydrogens is 458 g/mol. The summed E-state index contributed by atoms with van der Waals surface area (Å²) in [6.07, 6.45) is 3.45. The van der Waals surface area contributed by atoms with E-state index < -0.39 is 0 Å². The number of benzene rings is 2. The van der Waals surface area contributed by atoms with E-state index in [0.29, 0.717) is 12.2 Å². The summed E-state index contributed by atoms with van der Waals surface area (Å²) in [5.74, 6) is 0.487. The van der Waals surface area contributed by atoms with Crippen LogP contribution in [0.3, 0.4) is 0 Å². The lowest BCUT2D eigenvalue weighted by molar-refractivity contribution is 0.0942. The second kappa shape index (κ2) is 9.61. The third-order valence-electron chi connectivity index (χ3n) is 4.81. The van der Waals surface area contributed by atoms with E-state index in [0.717, 1.165) is 33.6 Å². The Morgan fingerprint density at radius 1 is 1.06 bits per heavy atom. The van der Waals surface area contributed by atoms with E-state index in [1.807, 2.05) is 54.1 Å². The van der Waals surface area contributed by atoms with E-state index in [-0.39, 0.29) is 12.6 Å². The van der Waals surface area contributed by atoms with Crippen LogP contribution in [-0.4, -0.2) is 25.5 Å². The molecule has 0 atom stereocenters. The number of aryl methyl sites for hydroxylation is 1. The molecule has 4 aromatic rings. The number of carbonyl (C=O) groups excluding carboxylic acids is 1. The number of halogens is 1. The topological polar surface area (TPSA) is 74.0 Å². The Morgan fingerprint density at radius 3 is 2.55 bits per heavy atom. The monoisotopic (exact) mass is 479 g/mol. The van der Waals surface area contributed by atoms with Crippen molar-refractivity contribution in [1.29, 1.82) is 0 Å². The summed E-state index contributed by atoms with van der Waals surface area (Å²) in [6, 6.07) is 19.7. The van der Waals surface area contributed by atoms with E-state index in [2.05, 4.69) is 43.6 Å². The molecule has 0 aliphatic rings. The minimum absolute atomic E-state index is 0.214.